The lowest BCUT2D eigenvalue weighted by Crippen LogP contribution is -2.42. The van der Waals surface area contributed by atoms with Gasteiger partial charge in [0.15, 0.2) is 0 Å². The van der Waals surface area contributed by atoms with Crippen molar-refractivity contribution in [2.45, 2.75) is 6.04 Å². The number of Topliss-reactive ketones (excluding diaryl/α,β-unsaturated/α-hetero) is 1. The van der Waals surface area contributed by atoms with Crippen molar-refractivity contribution in [2.75, 3.05) is 46.5 Å². The predicted octanol–water partition coefficient (Wildman–Crippen LogP) is 2.06. The van der Waals surface area contributed by atoms with E-state index in [1.807, 2.05) is 0 Å². The molecule has 1 unspecified atom stereocenters. The Morgan fingerprint density at radius 2 is 1.91 bits per heavy atom. The van der Waals surface area contributed by atoms with Crippen LogP contribution in [0.25, 0.3) is 5.76 Å². The molecule has 0 aromatic heterocycles. The number of aliphatic hydroxyl groups is 1. The Bertz CT molecular complexity index is 1190. The van der Waals surface area contributed by atoms with E-state index in [0.717, 1.165) is 0 Å². The van der Waals surface area contributed by atoms with Crippen LogP contribution in [-0.2, 0) is 14.3 Å². The number of nitrogens with zero attached hydrogens (tertiary/aromatic N) is 3. The first-order valence-electron chi connectivity index (χ1n) is 11.0. The number of rotatable bonds is 7. The molecule has 11 heteroatoms. The van der Waals surface area contributed by atoms with Crippen LogP contribution < -0.4 is 4.74 Å². The number of phenols is 1. The number of hydrogen-bond donors (Lipinski definition) is 2. The number of carbonyl (C=O) groups is 2. The zero-order chi connectivity index (χ0) is 25.1. The quantitative estimate of drug-likeness (QED) is 0.199. The van der Waals surface area contributed by atoms with Gasteiger partial charge in [0.1, 0.15) is 17.3 Å². The number of non-ortho nitro benzene ring substituents is 1. The number of amides is 1. The number of likely N-dealkylation sites (tertiary alicyclic amines) is 1. The molecule has 2 aromatic carbocycles. The predicted molar refractivity (Wildman–Crippen MR) is 124 cm³/mol. The van der Waals surface area contributed by atoms with E-state index >= 15 is 0 Å². The Kier molecular flexibility index (Phi) is 6.99. The van der Waals surface area contributed by atoms with Gasteiger partial charge in [0.2, 0.25) is 0 Å². The highest BCUT2D eigenvalue weighted by atomic mass is 16.6. The van der Waals surface area contributed by atoms with E-state index in [2.05, 4.69) is 4.90 Å². The molecule has 0 aliphatic carbocycles. The number of nitro groups is 1. The summed E-state index contributed by atoms with van der Waals surface area (Å²) in [7, 11) is 1.41. The number of methoxy groups -OCH3 is 1. The van der Waals surface area contributed by atoms with Gasteiger partial charge < -0.3 is 24.6 Å². The summed E-state index contributed by atoms with van der Waals surface area (Å²) in [5, 5.41) is 32.9. The van der Waals surface area contributed by atoms with Crippen LogP contribution in [0.1, 0.15) is 17.2 Å². The van der Waals surface area contributed by atoms with Crippen LogP contribution in [0.2, 0.25) is 0 Å². The second-order valence-corrected chi connectivity index (χ2v) is 8.18. The van der Waals surface area contributed by atoms with E-state index in [1.54, 1.807) is 6.07 Å². The zero-order valence-corrected chi connectivity index (χ0v) is 19.0. The molecule has 0 bridgehead atoms. The van der Waals surface area contributed by atoms with E-state index in [0.29, 0.717) is 44.2 Å². The van der Waals surface area contributed by atoms with Crippen molar-refractivity contribution in [2.24, 2.45) is 0 Å². The van der Waals surface area contributed by atoms with Crippen LogP contribution in [-0.4, -0.2) is 83.1 Å². The van der Waals surface area contributed by atoms with Crippen LogP contribution >= 0.6 is 0 Å². The van der Waals surface area contributed by atoms with Crippen molar-refractivity contribution in [3.8, 4) is 11.5 Å². The molecule has 1 atom stereocenters. The molecule has 35 heavy (non-hydrogen) atoms. The number of morpholine rings is 1. The number of benzene rings is 2. The van der Waals surface area contributed by atoms with E-state index in [1.165, 1.54) is 48.4 Å². The van der Waals surface area contributed by atoms with Crippen molar-refractivity contribution in [3.63, 3.8) is 0 Å². The summed E-state index contributed by atoms with van der Waals surface area (Å²) >= 11 is 0. The first kappa shape index (κ1) is 24.2. The van der Waals surface area contributed by atoms with Gasteiger partial charge in [-0.05, 0) is 17.7 Å². The van der Waals surface area contributed by atoms with Crippen LogP contribution in [0.4, 0.5) is 5.69 Å². The lowest BCUT2D eigenvalue weighted by molar-refractivity contribution is -0.384. The second-order valence-electron chi connectivity index (χ2n) is 8.18. The maximum atomic E-state index is 13.1. The number of ketones is 1. The van der Waals surface area contributed by atoms with Gasteiger partial charge in [-0.2, -0.15) is 0 Å². The maximum absolute atomic E-state index is 13.1. The van der Waals surface area contributed by atoms with E-state index in [9.17, 15) is 29.9 Å². The monoisotopic (exact) mass is 483 g/mol. The van der Waals surface area contributed by atoms with Crippen LogP contribution in [0.15, 0.2) is 48.0 Å². The summed E-state index contributed by atoms with van der Waals surface area (Å²) in [4.78, 5) is 40.4. The first-order valence-corrected chi connectivity index (χ1v) is 11.0. The standard InChI is InChI=1S/C24H25N3O8/c1-34-17-5-6-18(19(28)14-17)22(29)20-21(15-3-2-4-16(13-15)27(32)33)26(24(31)23(20)30)8-7-25-9-11-35-12-10-25/h2-6,13-14,21,28-29H,7-12H2,1H3/b22-20+. The Balaban J connectivity index is 1.79. The summed E-state index contributed by atoms with van der Waals surface area (Å²) in [6, 6.07) is 8.66. The van der Waals surface area contributed by atoms with Gasteiger partial charge in [0, 0.05) is 44.4 Å². The highest BCUT2D eigenvalue weighted by Gasteiger charge is 2.46. The third-order valence-electron chi connectivity index (χ3n) is 6.16. The number of ether oxygens (including phenoxy) is 2. The average Bonchev–Trinajstić information content (AvgIpc) is 3.12. The fourth-order valence-electron chi connectivity index (χ4n) is 4.32. The Morgan fingerprint density at radius 1 is 1.17 bits per heavy atom. The van der Waals surface area contributed by atoms with Gasteiger partial charge in [-0.15, -0.1) is 0 Å². The molecule has 1 amide bonds. The summed E-state index contributed by atoms with van der Waals surface area (Å²) < 4.78 is 10.4. The number of aliphatic hydroxyl groups excluding tert-OH is 1. The minimum absolute atomic E-state index is 0.0626. The number of phenolic OH excluding ortho intramolecular Hbond substituents is 1. The number of hydrogen-bond acceptors (Lipinski definition) is 9. The van der Waals surface area contributed by atoms with E-state index < -0.39 is 28.4 Å². The van der Waals surface area contributed by atoms with Crippen LogP contribution in [0.5, 0.6) is 11.5 Å². The molecule has 2 heterocycles. The molecule has 184 valence electrons. The molecular weight excluding hydrogens is 458 g/mol. The Morgan fingerprint density at radius 3 is 2.57 bits per heavy atom. The van der Waals surface area contributed by atoms with Gasteiger partial charge in [-0.3, -0.25) is 24.6 Å². The zero-order valence-electron chi connectivity index (χ0n) is 19.0. The fraction of sp³-hybridized carbons (Fsp3) is 0.333. The molecule has 2 aliphatic heterocycles. The molecular formula is C24H25N3O8. The maximum Gasteiger partial charge on any atom is 0.295 e. The van der Waals surface area contributed by atoms with Gasteiger partial charge >= 0.3 is 0 Å². The summed E-state index contributed by atoms with van der Waals surface area (Å²) in [5.74, 6) is -2.35. The van der Waals surface area contributed by atoms with Crippen LogP contribution in [0.3, 0.4) is 0 Å². The lowest BCUT2D eigenvalue weighted by atomic mass is 9.94. The first-order chi connectivity index (χ1) is 16.8. The Hall–Kier alpha value is -3.96. The highest BCUT2D eigenvalue weighted by molar-refractivity contribution is 6.46. The van der Waals surface area contributed by atoms with Crippen LogP contribution in [0, 0.1) is 10.1 Å². The molecule has 2 aromatic rings. The van der Waals surface area contributed by atoms with Gasteiger partial charge in [-0.1, -0.05) is 12.1 Å². The third kappa shape index (κ3) is 4.81. The fourth-order valence-corrected chi connectivity index (χ4v) is 4.32. The molecule has 11 nitrogen and oxygen atoms in total. The summed E-state index contributed by atoms with van der Waals surface area (Å²) in [5.41, 5.74) is -0.228. The highest BCUT2D eigenvalue weighted by Crippen LogP contribution is 2.41. The van der Waals surface area contributed by atoms with Crippen molar-refractivity contribution in [1.29, 1.82) is 0 Å². The molecule has 2 fully saturated rings. The normalized spacial score (nSPS) is 20.3. The van der Waals surface area contributed by atoms with Crippen molar-refractivity contribution in [3.05, 3.63) is 69.3 Å². The number of aromatic hydroxyl groups is 1. The molecule has 2 aliphatic rings. The Labute approximate surface area is 200 Å². The topological polar surface area (TPSA) is 143 Å². The lowest BCUT2D eigenvalue weighted by Gasteiger charge is -2.31. The number of carbonyl (C=O) groups excluding carboxylic acids is 2. The van der Waals surface area contributed by atoms with E-state index in [4.69, 9.17) is 9.47 Å². The van der Waals surface area contributed by atoms with E-state index in [-0.39, 0.29) is 29.1 Å². The van der Waals surface area contributed by atoms with Crippen molar-refractivity contribution < 1.29 is 34.2 Å². The third-order valence-corrected chi connectivity index (χ3v) is 6.16. The molecule has 4 rings (SSSR count). The average molecular weight is 483 g/mol. The summed E-state index contributed by atoms with van der Waals surface area (Å²) in [6.07, 6.45) is 0. The molecule has 0 saturated carbocycles. The largest absolute Gasteiger partial charge is 0.507 e. The SMILES string of the molecule is COc1ccc(/C(O)=C2\C(=O)C(=O)N(CCN3CCOCC3)C2c2cccc([N+](=O)[O-])c2)c(O)c1. The smallest absolute Gasteiger partial charge is 0.295 e. The molecule has 2 N–H and O–H groups in total. The molecule has 0 spiro atoms. The van der Waals surface area contributed by atoms with Crippen molar-refractivity contribution >= 4 is 23.1 Å². The summed E-state index contributed by atoms with van der Waals surface area (Å²) in [6.45, 7) is 3.07. The second kappa shape index (κ2) is 10.1. The molecule has 2 saturated heterocycles. The molecule has 0 radical (unpaired) electrons. The minimum Gasteiger partial charge on any atom is -0.507 e. The number of nitro benzene ring substituents is 1. The van der Waals surface area contributed by atoms with Gasteiger partial charge in [-0.25, -0.2) is 0 Å². The minimum atomic E-state index is -1.07. The van der Waals surface area contributed by atoms with Gasteiger partial charge in [0.05, 0.1) is 42.4 Å². The van der Waals surface area contributed by atoms with Gasteiger partial charge in [0.25, 0.3) is 17.4 Å². The van der Waals surface area contributed by atoms with Crippen molar-refractivity contribution in [1.82, 2.24) is 9.80 Å².